The molecule has 0 saturated carbocycles. The van der Waals surface area contributed by atoms with E-state index in [1.165, 1.54) is 0 Å². The minimum absolute atomic E-state index is 0.0280. The molecule has 42 heavy (non-hydrogen) atoms. The Morgan fingerprint density at radius 2 is 1.86 bits per heavy atom. The van der Waals surface area contributed by atoms with Gasteiger partial charge in [0.15, 0.2) is 0 Å². The van der Waals surface area contributed by atoms with Crippen LogP contribution in [0, 0.1) is 5.41 Å². The highest BCUT2D eigenvalue weighted by Gasteiger charge is 2.37. The van der Waals surface area contributed by atoms with Gasteiger partial charge in [0.2, 0.25) is 0 Å². The maximum absolute atomic E-state index is 13.8. The molecule has 2 aromatic carbocycles. The quantitative estimate of drug-likeness (QED) is 0.418. The Balaban J connectivity index is 1.17. The summed E-state index contributed by atoms with van der Waals surface area (Å²) >= 11 is 0. The van der Waals surface area contributed by atoms with Crippen molar-refractivity contribution in [2.24, 2.45) is 5.41 Å². The van der Waals surface area contributed by atoms with Gasteiger partial charge in [0.05, 0.1) is 25.9 Å². The Hall–Kier alpha value is -3.36. The molecule has 3 aliphatic rings. The Kier molecular flexibility index (Phi) is 8.81. The number of amides is 2. The van der Waals surface area contributed by atoms with Gasteiger partial charge in [-0.15, -0.1) is 0 Å². The summed E-state index contributed by atoms with van der Waals surface area (Å²) in [6.07, 6.45) is 6.84. The van der Waals surface area contributed by atoms with E-state index in [1.807, 2.05) is 52.3 Å². The molecule has 0 aliphatic carbocycles. The predicted octanol–water partition coefficient (Wildman–Crippen LogP) is 5.39. The lowest BCUT2D eigenvalue weighted by atomic mass is 9.75. The van der Waals surface area contributed by atoms with E-state index in [-0.39, 0.29) is 23.3 Å². The first-order chi connectivity index (χ1) is 20.6. The number of nitrogens with zero attached hydrogens (tertiary/aromatic N) is 3. The number of hydrogen-bond acceptors (Lipinski definition) is 5. The van der Waals surface area contributed by atoms with E-state index in [1.54, 1.807) is 7.11 Å². The summed E-state index contributed by atoms with van der Waals surface area (Å²) in [5.41, 5.74) is 2.43. The zero-order chi connectivity index (χ0) is 28.9. The number of hydrogen-bond donors (Lipinski definition) is 0. The van der Waals surface area contributed by atoms with Crippen molar-refractivity contribution in [3.05, 3.63) is 65.9 Å². The van der Waals surface area contributed by atoms with Crippen molar-refractivity contribution in [3.8, 4) is 5.75 Å². The molecule has 3 aliphatic heterocycles. The van der Waals surface area contributed by atoms with Gasteiger partial charge in [0.25, 0.3) is 11.8 Å². The number of fused-ring (bicyclic) bond motifs is 4. The summed E-state index contributed by atoms with van der Waals surface area (Å²) in [6, 6.07) is 18.0. The number of ether oxygens (including phenoxy) is 3. The molecule has 2 saturated heterocycles. The van der Waals surface area contributed by atoms with Crippen molar-refractivity contribution in [2.75, 3.05) is 53.2 Å². The maximum Gasteiger partial charge on any atom is 0.270 e. The molecule has 3 aromatic rings. The molecule has 2 bridgehead atoms. The summed E-state index contributed by atoms with van der Waals surface area (Å²) in [6.45, 7) is 5.25. The van der Waals surface area contributed by atoms with Crippen molar-refractivity contribution < 1.29 is 23.8 Å². The number of piperidine rings is 1. The van der Waals surface area contributed by atoms with Gasteiger partial charge in [-0.05, 0) is 68.9 Å². The van der Waals surface area contributed by atoms with Crippen LogP contribution in [-0.2, 0) is 16.0 Å². The van der Waals surface area contributed by atoms with Crippen LogP contribution in [-0.4, -0.2) is 85.4 Å². The lowest BCUT2D eigenvalue weighted by Gasteiger charge is -2.42. The fraction of sp³-hybridized carbons (Fsp3) is 0.529. The fourth-order valence-electron chi connectivity index (χ4n) is 6.94. The highest BCUT2D eigenvalue weighted by atomic mass is 16.5. The van der Waals surface area contributed by atoms with Crippen LogP contribution < -0.4 is 4.74 Å². The van der Waals surface area contributed by atoms with Crippen LogP contribution in [0.25, 0.3) is 10.9 Å². The lowest BCUT2D eigenvalue weighted by Crippen LogP contribution is -2.46. The number of likely N-dealkylation sites (tertiary alicyclic amines) is 1. The van der Waals surface area contributed by atoms with Crippen LogP contribution >= 0.6 is 0 Å². The largest absolute Gasteiger partial charge is 0.493 e. The maximum atomic E-state index is 13.8. The van der Waals surface area contributed by atoms with E-state index < -0.39 is 0 Å². The average molecular weight is 574 g/mol. The van der Waals surface area contributed by atoms with E-state index in [4.69, 9.17) is 14.2 Å². The molecule has 1 atom stereocenters. The summed E-state index contributed by atoms with van der Waals surface area (Å²) in [5.74, 6) is 0.879. The second kappa shape index (κ2) is 12.9. The normalized spacial score (nSPS) is 21.5. The molecule has 224 valence electrons. The van der Waals surface area contributed by atoms with Gasteiger partial charge in [-0.25, -0.2) is 0 Å². The molecular formula is C34H43N3O5. The van der Waals surface area contributed by atoms with Crippen LogP contribution in [0.5, 0.6) is 5.75 Å². The lowest BCUT2D eigenvalue weighted by molar-refractivity contribution is 0.0326. The number of carbonyl (C=O) groups excluding carboxylic acids is 2. The molecule has 6 rings (SSSR count). The Morgan fingerprint density at radius 3 is 2.71 bits per heavy atom. The molecule has 0 unspecified atom stereocenters. The van der Waals surface area contributed by atoms with Crippen LogP contribution in [0.3, 0.4) is 0 Å². The summed E-state index contributed by atoms with van der Waals surface area (Å²) in [7, 11) is 1.69. The number of para-hydroxylation sites is 1. The zero-order valence-corrected chi connectivity index (χ0v) is 24.8. The minimum atomic E-state index is -0.0280. The first-order valence-corrected chi connectivity index (χ1v) is 15.5. The number of benzene rings is 2. The van der Waals surface area contributed by atoms with E-state index in [0.29, 0.717) is 51.6 Å². The van der Waals surface area contributed by atoms with Crippen molar-refractivity contribution >= 4 is 22.7 Å². The topological polar surface area (TPSA) is 73.2 Å². The van der Waals surface area contributed by atoms with E-state index in [9.17, 15) is 9.59 Å². The standard InChI is InChI=1S/C34H43N3O5/c1-40-21-19-37-30-12-3-2-8-26(30)23-31(37)33(39)35-17-14-34(15-18-35)13-4-5-20-41-24-28-10-7-16-36(28)32(38)27-9-6-11-29(22-27)42-25-34/h2-3,6,8-9,11-12,22-23,28H,4-5,7,10,13-21,24-25H2,1H3/t28-/m0/s1. The van der Waals surface area contributed by atoms with E-state index in [0.717, 1.165) is 73.8 Å². The van der Waals surface area contributed by atoms with Gasteiger partial charge < -0.3 is 28.6 Å². The molecule has 1 aromatic heterocycles. The van der Waals surface area contributed by atoms with Crippen LogP contribution in [0.4, 0.5) is 0 Å². The number of aromatic nitrogens is 1. The third-order valence-corrected chi connectivity index (χ3v) is 9.48. The molecule has 0 radical (unpaired) electrons. The van der Waals surface area contributed by atoms with Gasteiger partial charge in [0, 0.05) is 61.8 Å². The molecular weight excluding hydrogens is 530 g/mol. The van der Waals surface area contributed by atoms with Crippen LogP contribution in [0.15, 0.2) is 54.6 Å². The Morgan fingerprint density at radius 1 is 1.00 bits per heavy atom. The number of rotatable bonds is 4. The minimum Gasteiger partial charge on any atom is -0.493 e. The van der Waals surface area contributed by atoms with Gasteiger partial charge in [-0.2, -0.15) is 0 Å². The Bertz CT molecular complexity index is 1390. The van der Waals surface area contributed by atoms with Crippen molar-refractivity contribution in [1.29, 1.82) is 0 Å². The number of methoxy groups -OCH3 is 1. The molecule has 8 heteroatoms. The summed E-state index contributed by atoms with van der Waals surface area (Å²) in [4.78, 5) is 31.2. The second-order valence-electron chi connectivity index (χ2n) is 12.2. The van der Waals surface area contributed by atoms with Gasteiger partial charge in [0.1, 0.15) is 11.4 Å². The second-order valence-corrected chi connectivity index (χ2v) is 12.2. The predicted molar refractivity (Wildman–Crippen MR) is 162 cm³/mol. The summed E-state index contributed by atoms with van der Waals surface area (Å²) < 4.78 is 20.0. The van der Waals surface area contributed by atoms with E-state index >= 15 is 0 Å². The molecule has 2 amide bonds. The highest BCUT2D eigenvalue weighted by Crippen LogP contribution is 2.38. The molecule has 8 nitrogen and oxygen atoms in total. The van der Waals surface area contributed by atoms with Crippen molar-refractivity contribution in [2.45, 2.75) is 57.5 Å². The first-order valence-electron chi connectivity index (χ1n) is 15.5. The molecule has 0 N–H and O–H groups in total. The third-order valence-electron chi connectivity index (χ3n) is 9.48. The monoisotopic (exact) mass is 573 g/mol. The molecule has 1 spiro atoms. The van der Waals surface area contributed by atoms with Gasteiger partial charge in [-0.1, -0.05) is 30.7 Å². The van der Waals surface area contributed by atoms with Crippen molar-refractivity contribution in [1.82, 2.24) is 14.4 Å². The third kappa shape index (κ3) is 6.06. The van der Waals surface area contributed by atoms with Crippen LogP contribution in [0.1, 0.15) is 65.8 Å². The Labute approximate surface area is 248 Å². The zero-order valence-electron chi connectivity index (χ0n) is 24.8. The first kappa shape index (κ1) is 28.7. The van der Waals surface area contributed by atoms with Gasteiger partial charge >= 0.3 is 0 Å². The van der Waals surface area contributed by atoms with Gasteiger partial charge in [-0.3, -0.25) is 9.59 Å². The average Bonchev–Trinajstić information content (AvgIpc) is 3.65. The molecule has 2 fully saturated rings. The van der Waals surface area contributed by atoms with Crippen molar-refractivity contribution in [3.63, 3.8) is 0 Å². The van der Waals surface area contributed by atoms with E-state index in [2.05, 4.69) is 16.7 Å². The highest BCUT2D eigenvalue weighted by molar-refractivity contribution is 5.99. The SMILES string of the molecule is COCCn1c(C(=O)N2CCC3(CCCCOC[C@@H]4CCCN4C(=O)c4cccc(c4)OC3)CC2)cc2ccccc21. The number of carbonyl (C=O) groups is 2. The van der Waals surface area contributed by atoms with Crippen LogP contribution in [0.2, 0.25) is 0 Å². The smallest absolute Gasteiger partial charge is 0.270 e. The summed E-state index contributed by atoms with van der Waals surface area (Å²) in [5, 5.41) is 1.07. The molecule has 4 heterocycles. The fourth-order valence-corrected chi connectivity index (χ4v) is 6.94.